The molecule has 0 spiro atoms. The summed E-state index contributed by atoms with van der Waals surface area (Å²) >= 11 is 3.19. The highest BCUT2D eigenvalue weighted by molar-refractivity contribution is 7.98. The molecule has 0 fully saturated rings. The van der Waals surface area contributed by atoms with E-state index in [-0.39, 0.29) is 18.9 Å². The molecule has 1 atom stereocenters. The summed E-state index contributed by atoms with van der Waals surface area (Å²) in [7, 11) is 0. The molecular weight excluding hydrogens is 300 g/mol. The number of thiazole rings is 1. The summed E-state index contributed by atoms with van der Waals surface area (Å²) in [5.74, 6) is -0.248. The normalized spacial score (nSPS) is 13.8. The number of carbonyl (C=O) groups is 2. The molecule has 112 valence electrons. The van der Waals surface area contributed by atoms with Gasteiger partial charge in [-0.05, 0) is 13.8 Å². The maximum absolute atomic E-state index is 11.5. The van der Waals surface area contributed by atoms with Crippen molar-refractivity contribution in [3.05, 3.63) is 16.1 Å². The Morgan fingerprint density at radius 1 is 1.55 bits per heavy atom. The fraction of sp³-hybridized carbons (Fsp3) is 0.583. The van der Waals surface area contributed by atoms with Crippen molar-refractivity contribution in [3.63, 3.8) is 0 Å². The zero-order valence-electron chi connectivity index (χ0n) is 11.4. The Bertz CT molecular complexity index is 474. The Hall–Kier alpha value is -1.12. The lowest BCUT2D eigenvalue weighted by Gasteiger charge is -2.18. The summed E-state index contributed by atoms with van der Waals surface area (Å²) in [5, 5.41) is 23.5. The van der Waals surface area contributed by atoms with Crippen LogP contribution in [0.15, 0.2) is 5.38 Å². The third-order valence-electron chi connectivity index (χ3n) is 2.48. The molecule has 1 rings (SSSR count). The number of carboxylic acid groups (broad SMARTS) is 1. The van der Waals surface area contributed by atoms with Crippen molar-refractivity contribution in [1.82, 2.24) is 10.3 Å². The van der Waals surface area contributed by atoms with Gasteiger partial charge in [0.2, 0.25) is 5.91 Å². The molecular formula is C12H18N2O4S2. The van der Waals surface area contributed by atoms with E-state index in [2.05, 4.69) is 10.3 Å². The Labute approximate surface area is 125 Å². The molecule has 0 aliphatic heterocycles. The fourth-order valence-corrected chi connectivity index (χ4v) is 2.80. The van der Waals surface area contributed by atoms with Crippen LogP contribution in [-0.2, 0) is 15.3 Å². The molecule has 1 amide bonds. The van der Waals surface area contributed by atoms with E-state index in [0.717, 1.165) is 23.4 Å². The fourth-order valence-electron chi connectivity index (χ4n) is 1.25. The summed E-state index contributed by atoms with van der Waals surface area (Å²) in [6.07, 6.45) is 0.281. The van der Waals surface area contributed by atoms with E-state index in [9.17, 15) is 14.7 Å². The highest BCUT2D eigenvalue weighted by Crippen LogP contribution is 2.15. The predicted octanol–water partition coefficient (Wildman–Crippen LogP) is 1.03. The molecule has 6 nitrogen and oxygen atoms in total. The second-order valence-corrected chi connectivity index (χ2v) is 6.68. The largest absolute Gasteiger partial charge is 0.479 e. The van der Waals surface area contributed by atoms with E-state index in [1.165, 1.54) is 0 Å². The van der Waals surface area contributed by atoms with Gasteiger partial charge >= 0.3 is 5.97 Å². The molecule has 0 bridgehead atoms. The van der Waals surface area contributed by atoms with Gasteiger partial charge in [-0.2, -0.15) is 11.8 Å². The summed E-state index contributed by atoms with van der Waals surface area (Å²) < 4.78 is 0. The maximum atomic E-state index is 11.5. The predicted molar refractivity (Wildman–Crippen MR) is 78.9 cm³/mol. The van der Waals surface area contributed by atoms with Crippen LogP contribution in [0.1, 0.15) is 24.0 Å². The van der Waals surface area contributed by atoms with Crippen molar-refractivity contribution in [1.29, 1.82) is 0 Å². The monoisotopic (exact) mass is 318 g/mol. The van der Waals surface area contributed by atoms with Gasteiger partial charge in [0.25, 0.3) is 0 Å². The lowest BCUT2D eigenvalue weighted by Crippen LogP contribution is -2.46. The molecule has 0 saturated heterocycles. The Morgan fingerprint density at radius 2 is 2.25 bits per heavy atom. The summed E-state index contributed by atoms with van der Waals surface area (Å²) in [5.41, 5.74) is -0.923. The highest BCUT2D eigenvalue weighted by Gasteiger charge is 2.30. The number of hydrogen-bond donors (Lipinski definition) is 3. The topological polar surface area (TPSA) is 99.5 Å². The maximum Gasteiger partial charge on any atom is 0.337 e. The molecule has 1 unspecified atom stereocenters. The number of amides is 1. The third kappa shape index (κ3) is 5.89. The first-order valence-corrected chi connectivity index (χ1v) is 8.06. The van der Waals surface area contributed by atoms with Crippen LogP contribution in [0.3, 0.4) is 0 Å². The van der Waals surface area contributed by atoms with E-state index >= 15 is 0 Å². The van der Waals surface area contributed by atoms with E-state index in [0.29, 0.717) is 5.75 Å². The van der Waals surface area contributed by atoms with Gasteiger partial charge in [-0.15, -0.1) is 11.3 Å². The first-order chi connectivity index (χ1) is 9.31. The van der Waals surface area contributed by atoms with Crippen LogP contribution in [0.5, 0.6) is 0 Å². The van der Waals surface area contributed by atoms with Crippen LogP contribution in [0.4, 0.5) is 0 Å². The molecule has 1 aromatic heterocycles. The summed E-state index contributed by atoms with van der Waals surface area (Å²) in [4.78, 5) is 26.4. The quantitative estimate of drug-likeness (QED) is 0.619. The number of aliphatic hydroxyl groups is 1. The number of nitrogens with zero attached hydrogens (tertiary/aromatic N) is 1. The van der Waals surface area contributed by atoms with Gasteiger partial charge in [-0.1, -0.05) is 0 Å². The number of carboxylic acids is 1. The number of hydrogen-bond acceptors (Lipinski definition) is 6. The smallest absolute Gasteiger partial charge is 0.337 e. The Morgan fingerprint density at radius 3 is 2.80 bits per heavy atom. The second kappa shape index (κ2) is 7.61. The van der Waals surface area contributed by atoms with Crippen molar-refractivity contribution in [3.8, 4) is 0 Å². The van der Waals surface area contributed by atoms with Crippen molar-refractivity contribution in [2.75, 3.05) is 12.3 Å². The van der Waals surface area contributed by atoms with Gasteiger partial charge in [0.15, 0.2) is 5.60 Å². The first kappa shape index (κ1) is 16.9. The molecule has 3 N–H and O–H groups in total. The van der Waals surface area contributed by atoms with Gasteiger partial charge in [-0.3, -0.25) is 4.79 Å². The minimum absolute atomic E-state index is 0.270. The minimum atomic E-state index is -1.93. The van der Waals surface area contributed by atoms with Gasteiger partial charge in [0.1, 0.15) is 0 Å². The average Bonchev–Trinajstić information content (AvgIpc) is 2.78. The standard InChI is InChI=1S/C12H18N2O4S2/c1-8-14-9(6-20-8)5-19-4-3-10(15)13-7-12(2,18)11(16)17/h6,18H,3-5,7H2,1-2H3,(H,13,15)(H,16,17). The van der Waals surface area contributed by atoms with Crippen molar-refractivity contribution in [2.45, 2.75) is 31.6 Å². The zero-order chi connectivity index (χ0) is 15.2. The van der Waals surface area contributed by atoms with E-state index < -0.39 is 11.6 Å². The van der Waals surface area contributed by atoms with E-state index in [1.807, 2.05) is 12.3 Å². The van der Waals surface area contributed by atoms with E-state index in [1.54, 1.807) is 23.1 Å². The molecule has 0 aliphatic carbocycles. The van der Waals surface area contributed by atoms with Gasteiger partial charge in [0.05, 0.1) is 17.2 Å². The number of aromatic nitrogens is 1. The molecule has 0 aromatic carbocycles. The van der Waals surface area contributed by atoms with Crippen LogP contribution in [-0.4, -0.2) is 45.0 Å². The second-order valence-electron chi connectivity index (χ2n) is 4.52. The number of rotatable bonds is 8. The lowest BCUT2D eigenvalue weighted by atomic mass is 10.1. The molecule has 0 radical (unpaired) electrons. The van der Waals surface area contributed by atoms with Gasteiger partial charge in [-0.25, -0.2) is 9.78 Å². The van der Waals surface area contributed by atoms with Crippen LogP contribution < -0.4 is 5.32 Å². The average molecular weight is 318 g/mol. The number of aryl methyl sites for hydroxylation is 1. The number of carbonyl (C=O) groups excluding carboxylic acids is 1. The van der Waals surface area contributed by atoms with Crippen LogP contribution in [0.2, 0.25) is 0 Å². The molecule has 8 heteroatoms. The summed E-state index contributed by atoms with van der Waals surface area (Å²) in [6.45, 7) is 2.80. The van der Waals surface area contributed by atoms with Crippen molar-refractivity contribution in [2.24, 2.45) is 0 Å². The van der Waals surface area contributed by atoms with Crippen LogP contribution in [0, 0.1) is 6.92 Å². The van der Waals surface area contributed by atoms with Crippen molar-refractivity contribution >= 4 is 35.0 Å². The molecule has 1 aromatic rings. The lowest BCUT2D eigenvalue weighted by molar-refractivity contribution is -0.156. The van der Waals surface area contributed by atoms with Crippen LogP contribution >= 0.6 is 23.1 Å². The molecule has 1 heterocycles. The van der Waals surface area contributed by atoms with Gasteiger partial charge in [0, 0.05) is 23.3 Å². The third-order valence-corrected chi connectivity index (χ3v) is 4.30. The highest BCUT2D eigenvalue weighted by atomic mass is 32.2. The number of nitrogens with one attached hydrogen (secondary N) is 1. The van der Waals surface area contributed by atoms with Gasteiger partial charge < -0.3 is 15.5 Å². The van der Waals surface area contributed by atoms with E-state index in [4.69, 9.17) is 5.11 Å². The molecule has 0 aliphatic rings. The zero-order valence-corrected chi connectivity index (χ0v) is 13.0. The molecule has 0 saturated carbocycles. The number of thioether (sulfide) groups is 1. The SMILES string of the molecule is Cc1nc(CSCCC(=O)NCC(C)(O)C(=O)O)cs1. The first-order valence-electron chi connectivity index (χ1n) is 6.02. The molecule has 20 heavy (non-hydrogen) atoms. The number of aliphatic carboxylic acids is 1. The van der Waals surface area contributed by atoms with Crippen molar-refractivity contribution < 1.29 is 19.8 Å². The summed E-state index contributed by atoms with van der Waals surface area (Å²) in [6, 6.07) is 0. The Balaban J connectivity index is 2.16. The van der Waals surface area contributed by atoms with Crippen LogP contribution in [0.25, 0.3) is 0 Å². The minimum Gasteiger partial charge on any atom is -0.479 e. The Kier molecular flexibility index (Phi) is 6.44.